The molecule has 2 aromatic carbocycles. The fourth-order valence-corrected chi connectivity index (χ4v) is 3.25. The molecule has 4 rings (SSSR count). The lowest BCUT2D eigenvalue weighted by Gasteiger charge is -2.08. The summed E-state index contributed by atoms with van der Waals surface area (Å²) in [5.74, 6) is 1.97. The topological polar surface area (TPSA) is 116 Å². The molecule has 3 aromatic rings. The molecule has 1 aromatic heterocycles. The van der Waals surface area contributed by atoms with E-state index >= 15 is 0 Å². The molecule has 2 N–H and O–H groups in total. The summed E-state index contributed by atoms with van der Waals surface area (Å²) in [6, 6.07) is 8.63. The summed E-state index contributed by atoms with van der Waals surface area (Å²) in [5.41, 5.74) is 3.16. The van der Waals surface area contributed by atoms with Gasteiger partial charge in [0.15, 0.2) is 11.5 Å². The SMILES string of the molecule is COc1ccc(-c2n[nH]nc2-c2cc(C)c3c(c2)OCO3)c(O[P+](=O)O)c1. The maximum Gasteiger partial charge on any atom is 0.747 e. The van der Waals surface area contributed by atoms with Gasteiger partial charge in [0.25, 0.3) is 0 Å². The molecule has 2 heterocycles. The molecule has 1 unspecified atom stereocenters. The second-order valence-electron chi connectivity index (χ2n) is 5.74. The molecule has 0 saturated heterocycles. The zero-order valence-corrected chi connectivity index (χ0v) is 15.3. The van der Waals surface area contributed by atoms with Crippen molar-refractivity contribution in [3.05, 3.63) is 35.9 Å². The van der Waals surface area contributed by atoms with E-state index in [2.05, 4.69) is 15.4 Å². The van der Waals surface area contributed by atoms with Crippen molar-refractivity contribution >= 4 is 8.25 Å². The summed E-state index contributed by atoms with van der Waals surface area (Å²) in [6.45, 7) is 2.08. The Balaban J connectivity index is 1.84. The zero-order chi connectivity index (χ0) is 19.0. The third-order valence-corrected chi connectivity index (χ3v) is 4.45. The number of hydrogen-bond donors (Lipinski definition) is 2. The van der Waals surface area contributed by atoms with Crippen LogP contribution < -0.4 is 18.7 Å². The lowest BCUT2D eigenvalue weighted by atomic mass is 10.0. The third kappa shape index (κ3) is 3.18. The molecule has 0 aliphatic carbocycles. The van der Waals surface area contributed by atoms with E-state index < -0.39 is 8.25 Å². The van der Waals surface area contributed by atoms with Crippen LogP contribution in [0, 0.1) is 6.92 Å². The number of ether oxygens (including phenoxy) is 3. The minimum Gasteiger partial charge on any atom is -0.497 e. The number of fused-ring (bicyclic) bond motifs is 1. The Labute approximate surface area is 154 Å². The second-order valence-corrected chi connectivity index (χ2v) is 6.40. The van der Waals surface area contributed by atoms with Crippen LogP contribution >= 0.6 is 8.25 Å². The lowest BCUT2D eigenvalue weighted by molar-refractivity contribution is 0.173. The normalized spacial score (nSPS) is 12.8. The van der Waals surface area contributed by atoms with Crippen molar-refractivity contribution in [1.82, 2.24) is 15.4 Å². The highest BCUT2D eigenvalue weighted by Gasteiger charge is 2.25. The summed E-state index contributed by atoms with van der Waals surface area (Å²) in [4.78, 5) is 9.19. The van der Waals surface area contributed by atoms with Crippen LogP contribution in [0.15, 0.2) is 30.3 Å². The molecule has 0 saturated carbocycles. The van der Waals surface area contributed by atoms with Crippen LogP contribution in [0.25, 0.3) is 22.5 Å². The Kier molecular flexibility index (Phi) is 4.39. The number of hydrogen-bond acceptors (Lipinski definition) is 7. The summed E-state index contributed by atoms with van der Waals surface area (Å²) in [7, 11) is -1.36. The van der Waals surface area contributed by atoms with E-state index in [0.717, 1.165) is 11.1 Å². The van der Waals surface area contributed by atoms with Crippen molar-refractivity contribution < 1.29 is 28.2 Å². The van der Waals surface area contributed by atoms with Crippen molar-refractivity contribution in [3.8, 4) is 45.5 Å². The highest BCUT2D eigenvalue weighted by molar-refractivity contribution is 7.32. The lowest BCUT2D eigenvalue weighted by Crippen LogP contribution is -1.93. The van der Waals surface area contributed by atoms with Crippen molar-refractivity contribution in [2.24, 2.45) is 0 Å². The van der Waals surface area contributed by atoms with E-state index in [-0.39, 0.29) is 12.5 Å². The Morgan fingerprint density at radius 1 is 1.19 bits per heavy atom. The fraction of sp³-hybridized carbons (Fsp3) is 0.176. The number of benzene rings is 2. The van der Waals surface area contributed by atoms with Crippen molar-refractivity contribution in [3.63, 3.8) is 0 Å². The number of H-pyrrole nitrogens is 1. The summed E-state index contributed by atoms with van der Waals surface area (Å²) >= 11 is 0. The number of methoxy groups -OCH3 is 1. The molecule has 0 fully saturated rings. The fourth-order valence-electron chi connectivity index (χ4n) is 2.93. The van der Waals surface area contributed by atoms with E-state index in [1.165, 1.54) is 13.2 Å². The molecule has 27 heavy (non-hydrogen) atoms. The Morgan fingerprint density at radius 2 is 2.00 bits per heavy atom. The average Bonchev–Trinajstić information content (AvgIpc) is 3.30. The highest BCUT2D eigenvalue weighted by atomic mass is 31.1. The van der Waals surface area contributed by atoms with Gasteiger partial charge in [-0.3, -0.25) is 0 Å². The molecular formula is C17H15N3O6P+. The van der Waals surface area contributed by atoms with E-state index in [0.29, 0.717) is 34.2 Å². The van der Waals surface area contributed by atoms with Crippen LogP contribution in [-0.4, -0.2) is 34.2 Å². The van der Waals surface area contributed by atoms with E-state index in [1.807, 2.05) is 19.1 Å². The molecular weight excluding hydrogens is 373 g/mol. The van der Waals surface area contributed by atoms with Gasteiger partial charge in [0, 0.05) is 16.2 Å². The van der Waals surface area contributed by atoms with Gasteiger partial charge >= 0.3 is 8.25 Å². The van der Waals surface area contributed by atoms with Crippen LogP contribution in [0.1, 0.15) is 5.56 Å². The number of aromatic amines is 1. The smallest absolute Gasteiger partial charge is 0.497 e. The molecule has 1 aliphatic heterocycles. The molecule has 0 amide bonds. The summed E-state index contributed by atoms with van der Waals surface area (Å²) < 4.78 is 32.4. The van der Waals surface area contributed by atoms with Gasteiger partial charge in [-0.25, -0.2) is 4.52 Å². The Morgan fingerprint density at radius 3 is 2.78 bits per heavy atom. The largest absolute Gasteiger partial charge is 0.747 e. The van der Waals surface area contributed by atoms with Gasteiger partial charge in [0.2, 0.25) is 12.5 Å². The van der Waals surface area contributed by atoms with Crippen LogP contribution in [0.5, 0.6) is 23.0 Å². The first kappa shape index (κ1) is 17.3. The first-order valence-corrected chi connectivity index (χ1v) is 9.03. The standard InChI is InChI=1S/C17H14N3O6P/c1-9-5-10(6-14-17(9)25-8-24-14)15-16(19-20-18-15)12-4-3-11(23-2)7-13(12)26-27(21)22/h3-7H,8H2,1-2H3,(H-,18,19,20,21,22)/p+1. The predicted molar refractivity (Wildman–Crippen MR) is 95.1 cm³/mol. The van der Waals surface area contributed by atoms with Gasteiger partial charge in [-0.2, -0.15) is 15.4 Å². The van der Waals surface area contributed by atoms with Crippen LogP contribution in [0.4, 0.5) is 0 Å². The molecule has 10 heteroatoms. The van der Waals surface area contributed by atoms with Crippen LogP contribution in [0.2, 0.25) is 0 Å². The predicted octanol–water partition coefficient (Wildman–Crippen LogP) is 3.21. The molecule has 138 valence electrons. The quantitative estimate of drug-likeness (QED) is 0.640. The number of nitrogens with one attached hydrogen (secondary N) is 1. The number of aryl methyl sites for hydroxylation is 1. The molecule has 9 nitrogen and oxygen atoms in total. The van der Waals surface area contributed by atoms with E-state index in [4.69, 9.17) is 18.7 Å². The summed E-state index contributed by atoms with van der Waals surface area (Å²) in [5, 5.41) is 11.0. The van der Waals surface area contributed by atoms with Gasteiger partial charge in [0.05, 0.1) is 12.7 Å². The first-order chi connectivity index (χ1) is 13.1. The monoisotopic (exact) mass is 388 g/mol. The van der Waals surface area contributed by atoms with Gasteiger partial charge in [0.1, 0.15) is 17.1 Å². The molecule has 0 radical (unpaired) electrons. The maximum atomic E-state index is 11.2. The second kappa shape index (κ2) is 6.86. The van der Waals surface area contributed by atoms with Crippen LogP contribution in [-0.2, 0) is 4.57 Å². The minimum absolute atomic E-state index is 0.158. The van der Waals surface area contributed by atoms with Gasteiger partial charge in [-0.05, 0) is 36.8 Å². The van der Waals surface area contributed by atoms with E-state index in [9.17, 15) is 9.46 Å². The molecule has 0 bridgehead atoms. The minimum atomic E-state index is -2.86. The van der Waals surface area contributed by atoms with Crippen molar-refractivity contribution in [2.75, 3.05) is 13.9 Å². The maximum absolute atomic E-state index is 11.2. The molecule has 1 aliphatic rings. The molecule has 1 atom stereocenters. The third-order valence-electron chi connectivity index (χ3n) is 4.10. The number of nitrogens with zero attached hydrogens (tertiary/aromatic N) is 2. The number of rotatable bonds is 5. The van der Waals surface area contributed by atoms with Gasteiger partial charge < -0.3 is 14.2 Å². The van der Waals surface area contributed by atoms with Crippen molar-refractivity contribution in [2.45, 2.75) is 6.92 Å². The van der Waals surface area contributed by atoms with Crippen LogP contribution in [0.3, 0.4) is 0 Å². The average molecular weight is 388 g/mol. The first-order valence-electron chi connectivity index (χ1n) is 7.90. The van der Waals surface area contributed by atoms with Crippen molar-refractivity contribution in [1.29, 1.82) is 0 Å². The Hall–Kier alpha value is -3.16. The summed E-state index contributed by atoms with van der Waals surface area (Å²) in [6.07, 6.45) is 0. The Bertz CT molecular complexity index is 1040. The van der Waals surface area contributed by atoms with Gasteiger partial charge in [-0.15, -0.1) is 4.89 Å². The highest BCUT2D eigenvalue weighted by Crippen LogP contribution is 2.43. The molecule has 0 spiro atoms. The van der Waals surface area contributed by atoms with E-state index in [1.54, 1.807) is 12.1 Å². The van der Waals surface area contributed by atoms with Gasteiger partial charge in [-0.1, -0.05) is 0 Å². The number of aromatic nitrogens is 3. The zero-order valence-electron chi connectivity index (χ0n) is 14.4.